The first-order valence-corrected chi connectivity index (χ1v) is 10.9. The predicted octanol–water partition coefficient (Wildman–Crippen LogP) is 7.07. The van der Waals surface area contributed by atoms with Gasteiger partial charge in [-0.2, -0.15) is 17.6 Å². The summed E-state index contributed by atoms with van der Waals surface area (Å²) < 4.78 is 60.6. The van der Waals surface area contributed by atoms with Crippen LogP contribution in [0.5, 0.6) is 5.75 Å². The van der Waals surface area contributed by atoms with E-state index in [0.29, 0.717) is 11.5 Å². The Hall–Kier alpha value is -2.68. The van der Waals surface area contributed by atoms with Gasteiger partial charge in [-0.15, -0.1) is 0 Å². The van der Waals surface area contributed by atoms with Gasteiger partial charge >= 0.3 is 6.18 Å². The number of rotatable bonds is 7. The molecule has 1 N–H and O–H groups in total. The number of anilines is 2. The highest BCUT2D eigenvalue weighted by Crippen LogP contribution is 2.39. The van der Waals surface area contributed by atoms with Gasteiger partial charge in [0.15, 0.2) is 5.13 Å². The summed E-state index contributed by atoms with van der Waals surface area (Å²) in [6.45, 7) is 0.257. The summed E-state index contributed by atoms with van der Waals surface area (Å²) in [5, 5.41) is 2.38. The molecule has 0 unspecified atom stereocenters. The highest BCUT2D eigenvalue weighted by atomic mass is 32.1. The summed E-state index contributed by atoms with van der Waals surface area (Å²) in [5.41, 5.74) is -0.120. The third kappa shape index (κ3) is 5.33. The molecule has 0 spiro atoms. The smallest absolute Gasteiger partial charge is 0.420 e. The van der Waals surface area contributed by atoms with Crippen molar-refractivity contribution in [2.24, 2.45) is 5.92 Å². The Morgan fingerprint density at radius 3 is 2.68 bits per heavy atom. The van der Waals surface area contributed by atoms with E-state index in [-0.39, 0.29) is 28.9 Å². The van der Waals surface area contributed by atoms with Gasteiger partial charge in [-0.05, 0) is 42.7 Å². The summed E-state index contributed by atoms with van der Waals surface area (Å²) in [6, 6.07) is 7.06. The third-order valence-corrected chi connectivity index (χ3v) is 6.07. The van der Waals surface area contributed by atoms with Crippen LogP contribution < -0.4 is 10.1 Å². The number of aromatic nitrogens is 2. The molecule has 1 aliphatic rings. The molecule has 0 amide bonds. The minimum Gasteiger partial charge on any atom is -0.493 e. The van der Waals surface area contributed by atoms with Crippen molar-refractivity contribution in [1.29, 1.82) is 0 Å². The quantitative estimate of drug-likeness (QED) is 0.391. The number of alkyl halides is 3. The van der Waals surface area contributed by atoms with Crippen molar-refractivity contribution in [3.63, 3.8) is 0 Å². The molecule has 0 saturated heterocycles. The summed E-state index contributed by atoms with van der Waals surface area (Å²) in [7, 11) is 0. The summed E-state index contributed by atoms with van der Waals surface area (Å²) >= 11 is 0.720. The van der Waals surface area contributed by atoms with Crippen LogP contribution in [0.25, 0.3) is 11.3 Å². The standard InChI is InChI=1S/C22H21F4N3OS/c23-20-19(15-6-3-10-27-13-15)29-21(31-20)28-16-7-8-18(17(12-16)22(24,25)26)30-11-9-14-4-1-2-5-14/h3,6-8,10,12-14H,1-2,4-5,9,11H2,(H,28,29). The second kappa shape index (κ2) is 9.21. The molecule has 0 bridgehead atoms. The van der Waals surface area contributed by atoms with Gasteiger partial charge in [0.1, 0.15) is 11.4 Å². The summed E-state index contributed by atoms with van der Waals surface area (Å²) in [4.78, 5) is 8.10. The Bertz CT molecular complexity index is 1020. The van der Waals surface area contributed by atoms with Gasteiger partial charge in [-0.1, -0.05) is 37.0 Å². The summed E-state index contributed by atoms with van der Waals surface area (Å²) in [5.74, 6) is 0.335. The fraction of sp³-hybridized carbons (Fsp3) is 0.364. The van der Waals surface area contributed by atoms with E-state index >= 15 is 0 Å². The lowest BCUT2D eigenvalue weighted by atomic mass is 10.1. The van der Waals surface area contributed by atoms with Crippen LogP contribution in [0.4, 0.5) is 28.4 Å². The maximum Gasteiger partial charge on any atom is 0.420 e. The number of halogens is 4. The lowest BCUT2D eigenvalue weighted by Gasteiger charge is -2.16. The van der Waals surface area contributed by atoms with E-state index in [1.165, 1.54) is 31.2 Å². The number of pyridine rings is 1. The van der Waals surface area contributed by atoms with Crippen molar-refractivity contribution in [1.82, 2.24) is 9.97 Å². The molecule has 1 fully saturated rings. The first kappa shape index (κ1) is 21.5. The maximum absolute atomic E-state index is 14.3. The molecule has 31 heavy (non-hydrogen) atoms. The van der Waals surface area contributed by atoms with Crippen LogP contribution in [0.15, 0.2) is 42.7 Å². The van der Waals surface area contributed by atoms with Crippen molar-refractivity contribution in [3.05, 3.63) is 53.4 Å². The van der Waals surface area contributed by atoms with Gasteiger partial charge in [0.05, 0.1) is 12.2 Å². The molecule has 4 nitrogen and oxygen atoms in total. The highest BCUT2D eigenvalue weighted by molar-refractivity contribution is 7.14. The van der Waals surface area contributed by atoms with E-state index in [1.54, 1.807) is 18.3 Å². The average Bonchev–Trinajstić information content (AvgIpc) is 3.38. The van der Waals surface area contributed by atoms with Crippen molar-refractivity contribution in [2.45, 2.75) is 38.3 Å². The minimum atomic E-state index is -4.57. The van der Waals surface area contributed by atoms with Crippen molar-refractivity contribution >= 4 is 22.2 Å². The lowest BCUT2D eigenvalue weighted by Crippen LogP contribution is -2.11. The van der Waals surface area contributed by atoms with E-state index in [0.717, 1.165) is 36.7 Å². The molecule has 1 aliphatic carbocycles. The second-order valence-corrected chi connectivity index (χ2v) is 8.45. The SMILES string of the molecule is Fc1sc(Nc2ccc(OCCC3CCCC3)c(C(F)(F)F)c2)nc1-c1cccnc1. The summed E-state index contributed by atoms with van der Waals surface area (Å²) in [6.07, 6.45) is 3.80. The van der Waals surface area contributed by atoms with Crippen LogP contribution >= 0.6 is 11.3 Å². The molecule has 0 aliphatic heterocycles. The van der Waals surface area contributed by atoms with Crippen LogP contribution in [-0.2, 0) is 6.18 Å². The Kier molecular flexibility index (Phi) is 6.41. The minimum absolute atomic E-state index is 0.100. The zero-order valence-electron chi connectivity index (χ0n) is 16.6. The Morgan fingerprint density at radius 1 is 1.16 bits per heavy atom. The molecule has 164 valence electrons. The van der Waals surface area contributed by atoms with E-state index in [4.69, 9.17) is 4.74 Å². The number of thiazole rings is 1. The molecule has 0 radical (unpaired) electrons. The molecule has 2 aromatic heterocycles. The van der Waals surface area contributed by atoms with Gasteiger partial charge in [0, 0.05) is 23.6 Å². The second-order valence-electron chi connectivity index (χ2n) is 7.50. The van der Waals surface area contributed by atoms with Crippen LogP contribution in [0.2, 0.25) is 0 Å². The highest BCUT2D eigenvalue weighted by Gasteiger charge is 2.35. The van der Waals surface area contributed by atoms with E-state index in [2.05, 4.69) is 15.3 Å². The Labute approximate surface area is 181 Å². The first-order valence-electron chi connectivity index (χ1n) is 10.1. The van der Waals surface area contributed by atoms with E-state index in [9.17, 15) is 17.6 Å². The number of ether oxygens (including phenoxy) is 1. The molecular formula is C22H21F4N3OS. The third-order valence-electron chi connectivity index (χ3n) is 5.32. The van der Waals surface area contributed by atoms with Crippen molar-refractivity contribution in [2.75, 3.05) is 11.9 Å². The molecular weight excluding hydrogens is 430 g/mol. The van der Waals surface area contributed by atoms with Gasteiger partial charge < -0.3 is 10.1 Å². The number of nitrogens with one attached hydrogen (secondary N) is 1. The van der Waals surface area contributed by atoms with Gasteiger partial charge in [-0.25, -0.2) is 4.98 Å². The van der Waals surface area contributed by atoms with Crippen LogP contribution in [0.3, 0.4) is 0 Å². The molecule has 1 saturated carbocycles. The van der Waals surface area contributed by atoms with Gasteiger partial charge in [0.25, 0.3) is 0 Å². The average molecular weight is 451 g/mol. The number of hydrogen-bond acceptors (Lipinski definition) is 5. The lowest BCUT2D eigenvalue weighted by molar-refractivity contribution is -0.138. The molecule has 1 aromatic carbocycles. The number of hydrogen-bond donors (Lipinski definition) is 1. The maximum atomic E-state index is 14.3. The molecule has 9 heteroatoms. The Morgan fingerprint density at radius 2 is 1.97 bits per heavy atom. The van der Waals surface area contributed by atoms with Gasteiger partial charge in [-0.3, -0.25) is 4.98 Å². The van der Waals surface area contributed by atoms with Crippen LogP contribution in [-0.4, -0.2) is 16.6 Å². The first-order chi connectivity index (χ1) is 14.9. The fourth-order valence-electron chi connectivity index (χ4n) is 3.75. The predicted molar refractivity (Wildman–Crippen MR) is 112 cm³/mol. The van der Waals surface area contributed by atoms with Crippen molar-refractivity contribution in [3.8, 4) is 17.0 Å². The molecule has 0 atom stereocenters. The number of benzene rings is 1. The normalized spacial score (nSPS) is 14.7. The zero-order chi connectivity index (χ0) is 21.8. The van der Waals surface area contributed by atoms with Gasteiger partial charge in [0.2, 0.25) is 5.13 Å². The fourth-order valence-corrected chi connectivity index (χ4v) is 4.48. The molecule has 3 aromatic rings. The van der Waals surface area contributed by atoms with Crippen LogP contribution in [0.1, 0.15) is 37.7 Å². The molecule has 4 rings (SSSR count). The topological polar surface area (TPSA) is 47.0 Å². The largest absolute Gasteiger partial charge is 0.493 e. The monoisotopic (exact) mass is 451 g/mol. The van der Waals surface area contributed by atoms with Crippen molar-refractivity contribution < 1.29 is 22.3 Å². The van der Waals surface area contributed by atoms with E-state index in [1.807, 2.05) is 0 Å². The Balaban J connectivity index is 1.50. The van der Waals surface area contributed by atoms with Crippen LogP contribution in [0, 0.1) is 11.0 Å². The molecule has 2 heterocycles. The van der Waals surface area contributed by atoms with E-state index < -0.39 is 16.9 Å². The number of nitrogens with zero attached hydrogens (tertiary/aromatic N) is 2. The zero-order valence-corrected chi connectivity index (χ0v) is 17.4.